The van der Waals surface area contributed by atoms with Gasteiger partial charge in [-0.05, 0) is 23.3 Å². The minimum absolute atomic E-state index is 0.0289. The van der Waals surface area contributed by atoms with Gasteiger partial charge in [0.1, 0.15) is 16.4 Å². The topological polar surface area (TPSA) is 64.6 Å². The molecule has 27 heavy (non-hydrogen) atoms. The molecule has 0 saturated carbocycles. The quantitative estimate of drug-likeness (QED) is 0.674. The van der Waals surface area contributed by atoms with Gasteiger partial charge in [-0.2, -0.15) is 4.72 Å². The molecule has 0 fully saturated rings. The van der Waals surface area contributed by atoms with Gasteiger partial charge >= 0.3 is 0 Å². The fourth-order valence-corrected chi connectivity index (χ4v) is 4.23. The lowest BCUT2D eigenvalue weighted by molar-refractivity contribution is 0.391. The molecule has 0 spiro atoms. The molecule has 140 valence electrons. The Morgan fingerprint density at radius 2 is 1.33 bits per heavy atom. The first-order valence-corrected chi connectivity index (χ1v) is 9.87. The SMILES string of the molecule is COc1ccc(OC)c(S(=O)(=O)NC(c2ccccc2)c2ccccc2)c1. The summed E-state index contributed by atoms with van der Waals surface area (Å²) in [5, 5.41) is 0. The monoisotopic (exact) mass is 383 g/mol. The average molecular weight is 383 g/mol. The summed E-state index contributed by atoms with van der Waals surface area (Å²) in [6.45, 7) is 0. The number of sulfonamides is 1. The molecule has 3 aromatic rings. The number of rotatable bonds is 7. The van der Waals surface area contributed by atoms with Crippen molar-refractivity contribution in [2.24, 2.45) is 0 Å². The summed E-state index contributed by atoms with van der Waals surface area (Å²) in [5.74, 6) is 0.690. The van der Waals surface area contributed by atoms with E-state index in [1.54, 1.807) is 12.1 Å². The molecule has 3 rings (SSSR count). The van der Waals surface area contributed by atoms with Crippen LogP contribution in [0.15, 0.2) is 83.8 Å². The van der Waals surface area contributed by atoms with E-state index >= 15 is 0 Å². The highest BCUT2D eigenvalue weighted by Gasteiger charge is 2.26. The van der Waals surface area contributed by atoms with Crippen LogP contribution >= 0.6 is 0 Å². The van der Waals surface area contributed by atoms with Crippen molar-refractivity contribution in [2.75, 3.05) is 14.2 Å². The molecular weight excluding hydrogens is 362 g/mol. The van der Waals surface area contributed by atoms with Crippen LogP contribution in [-0.4, -0.2) is 22.6 Å². The molecule has 0 aliphatic carbocycles. The van der Waals surface area contributed by atoms with E-state index in [0.29, 0.717) is 5.75 Å². The Morgan fingerprint density at radius 3 is 1.81 bits per heavy atom. The number of benzene rings is 3. The van der Waals surface area contributed by atoms with Crippen LogP contribution in [0, 0.1) is 0 Å². The Kier molecular flexibility index (Phi) is 5.78. The molecular formula is C21H21NO4S. The summed E-state index contributed by atoms with van der Waals surface area (Å²) in [6, 6.07) is 23.0. The third kappa shape index (κ3) is 4.30. The van der Waals surface area contributed by atoms with Crippen LogP contribution in [0.3, 0.4) is 0 Å². The zero-order valence-electron chi connectivity index (χ0n) is 15.1. The highest BCUT2D eigenvalue weighted by atomic mass is 32.2. The second kappa shape index (κ2) is 8.24. The maximum atomic E-state index is 13.2. The van der Waals surface area contributed by atoms with Gasteiger partial charge in [-0.3, -0.25) is 0 Å². The molecule has 0 heterocycles. The Balaban J connectivity index is 2.06. The summed E-state index contributed by atoms with van der Waals surface area (Å²) in [4.78, 5) is 0.0289. The number of hydrogen-bond donors (Lipinski definition) is 1. The van der Waals surface area contributed by atoms with Gasteiger partial charge in [-0.15, -0.1) is 0 Å². The molecule has 0 atom stereocenters. The van der Waals surface area contributed by atoms with Crippen molar-refractivity contribution < 1.29 is 17.9 Å². The number of nitrogens with one attached hydrogen (secondary N) is 1. The lowest BCUT2D eigenvalue weighted by atomic mass is 10.00. The molecule has 0 amide bonds. The van der Waals surface area contributed by atoms with Crippen molar-refractivity contribution in [3.8, 4) is 11.5 Å². The highest BCUT2D eigenvalue weighted by molar-refractivity contribution is 7.89. The molecule has 0 saturated heterocycles. The van der Waals surface area contributed by atoms with Crippen molar-refractivity contribution in [2.45, 2.75) is 10.9 Å². The molecule has 3 aromatic carbocycles. The maximum absolute atomic E-state index is 13.2. The first-order valence-electron chi connectivity index (χ1n) is 8.39. The Morgan fingerprint density at radius 1 is 0.778 bits per heavy atom. The van der Waals surface area contributed by atoms with Gasteiger partial charge in [0.2, 0.25) is 10.0 Å². The maximum Gasteiger partial charge on any atom is 0.245 e. The van der Waals surface area contributed by atoms with Crippen LogP contribution < -0.4 is 14.2 Å². The van der Waals surface area contributed by atoms with Gasteiger partial charge in [0.05, 0.1) is 20.3 Å². The summed E-state index contributed by atoms with van der Waals surface area (Å²) in [5.41, 5.74) is 1.68. The predicted octanol–water partition coefficient (Wildman–Crippen LogP) is 3.77. The van der Waals surface area contributed by atoms with Crippen LogP contribution in [0.2, 0.25) is 0 Å². The number of ether oxygens (including phenoxy) is 2. The first kappa shape index (κ1) is 18.9. The molecule has 0 aliphatic rings. The van der Waals surface area contributed by atoms with E-state index in [1.165, 1.54) is 20.3 Å². The van der Waals surface area contributed by atoms with E-state index in [2.05, 4.69) is 4.72 Å². The van der Waals surface area contributed by atoms with Crippen molar-refractivity contribution in [1.29, 1.82) is 0 Å². The second-order valence-corrected chi connectivity index (χ2v) is 7.57. The van der Waals surface area contributed by atoms with Crippen LogP contribution in [0.4, 0.5) is 0 Å². The highest BCUT2D eigenvalue weighted by Crippen LogP contribution is 2.31. The van der Waals surface area contributed by atoms with Gasteiger partial charge in [0.25, 0.3) is 0 Å². The van der Waals surface area contributed by atoms with E-state index < -0.39 is 16.1 Å². The summed E-state index contributed by atoms with van der Waals surface area (Å²) < 4.78 is 39.6. The first-order chi connectivity index (χ1) is 13.0. The van der Waals surface area contributed by atoms with Gasteiger partial charge in [0.15, 0.2) is 0 Å². The Hall–Kier alpha value is -2.83. The Bertz CT molecular complexity index is 950. The van der Waals surface area contributed by atoms with E-state index in [1.807, 2.05) is 60.7 Å². The zero-order valence-corrected chi connectivity index (χ0v) is 15.9. The third-order valence-corrected chi connectivity index (χ3v) is 5.64. The number of hydrogen-bond acceptors (Lipinski definition) is 4. The average Bonchev–Trinajstić information content (AvgIpc) is 2.73. The standard InChI is InChI=1S/C21H21NO4S/c1-25-18-13-14-19(26-2)20(15-18)27(23,24)22-21(16-9-5-3-6-10-16)17-11-7-4-8-12-17/h3-15,21-22H,1-2H3. The number of methoxy groups -OCH3 is 2. The summed E-state index contributed by atoms with van der Waals surface area (Å²) >= 11 is 0. The van der Waals surface area contributed by atoms with Crippen molar-refractivity contribution in [1.82, 2.24) is 4.72 Å². The van der Waals surface area contributed by atoms with Crippen LogP contribution in [0.5, 0.6) is 11.5 Å². The minimum Gasteiger partial charge on any atom is -0.497 e. The smallest absolute Gasteiger partial charge is 0.245 e. The van der Waals surface area contributed by atoms with E-state index in [0.717, 1.165) is 11.1 Å². The predicted molar refractivity (Wildman–Crippen MR) is 105 cm³/mol. The molecule has 0 bridgehead atoms. The van der Waals surface area contributed by atoms with Crippen molar-refractivity contribution in [3.05, 3.63) is 90.0 Å². The normalized spacial score (nSPS) is 11.4. The molecule has 0 aliphatic heterocycles. The fraction of sp³-hybridized carbons (Fsp3) is 0.143. The van der Waals surface area contributed by atoms with Crippen molar-refractivity contribution in [3.63, 3.8) is 0 Å². The van der Waals surface area contributed by atoms with E-state index in [-0.39, 0.29) is 10.6 Å². The van der Waals surface area contributed by atoms with Gasteiger partial charge in [-0.1, -0.05) is 60.7 Å². The summed E-state index contributed by atoms with van der Waals surface area (Å²) in [6.07, 6.45) is 0. The van der Waals surface area contributed by atoms with E-state index in [9.17, 15) is 8.42 Å². The lowest BCUT2D eigenvalue weighted by Gasteiger charge is -2.21. The lowest BCUT2D eigenvalue weighted by Crippen LogP contribution is -2.29. The third-order valence-electron chi connectivity index (χ3n) is 4.20. The molecule has 0 unspecified atom stereocenters. The summed E-state index contributed by atoms with van der Waals surface area (Å²) in [7, 11) is -0.960. The molecule has 1 N–H and O–H groups in total. The minimum atomic E-state index is -3.89. The van der Waals surface area contributed by atoms with Gasteiger partial charge < -0.3 is 9.47 Å². The largest absolute Gasteiger partial charge is 0.497 e. The van der Waals surface area contributed by atoms with E-state index in [4.69, 9.17) is 9.47 Å². The Labute approximate surface area is 159 Å². The molecule has 6 heteroatoms. The molecule has 0 radical (unpaired) electrons. The molecule has 0 aromatic heterocycles. The van der Waals surface area contributed by atoms with Crippen LogP contribution in [0.25, 0.3) is 0 Å². The van der Waals surface area contributed by atoms with Crippen LogP contribution in [0.1, 0.15) is 17.2 Å². The fourth-order valence-electron chi connectivity index (χ4n) is 2.83. The van der Waals surface area contributed by atoms with Gasteiger partial charge in [0, 0.05) is 6.07 Å². The molecule has 5 nitrogen and oxygen atoms in total. The van der Waals surface area contributed by atoms with Crippen LogP contribution in [-0.2, 0) is 10.0 Å². The van der Waals surface area contributed by atoms with Gasteiger partial charge in [-0.25, -0.2) is 8.42 Å². The second-order valence-electron chi connectivity index (χ2n) is 5.89. The van der Waals surface area contributed by atoms with Crippen molar-refractivity contribution >= 4 is 10.0 Å². The zero-order chi connectivity index (χ0) is 19.3.